The molecule has 0 aliphatic carbocycles. The van der Waals surface area contributed by atoms with E-state index in [1.54, 1.807) is 12.1 Å². The van der Waals surface area contributed by atoms with Gasteiger partial charge in [-0.15, -0.1) is 11.3 Å². The maximum Gasteiger partial charge on any atom is 0.258 e. The number of amides is 2. The van der Waals surface area contributed by atoms with E-state index < -0.39 is 0 Å². The van der Waals surface area contributed by atoms with Crippen molar-refractivity contribution in [3.8, 4) is 0 Å². The van der Waals surface area contributed by atoms with Crippen LogP contribution in [-0.2, 0) is 6.42 Å². The number of rotatable bonds is 6. The van der Waals surface area contributed by atoms with Gasteiger partial charge in [0.25, 0.3) is 11.8 Å². The van der Waals surface area contributed by atoms with Crippen LogP contribution in [0.3, 0.4) is 0 Å². The summed E-state index contributed by atoms with van der Waals surface area (Å²) in [6, 6.07) is 16.7. The van der Waals surface area contributed by atoms with E-state index in [-0.39, 0.29) is 11.8 Å². The SMILES string of the molecule is Cc1ccc(C(=O)Nc2scc(CC(C)C)c2C(=O)Nc2ccccc2)cc1. The standard InChI is InChI=1S/C23H24N2O2S/c1-15(2)13-18-14-28-23(25-21(26)17-11-9-16(3)10-12-17)20(18)22(27)24-19-7-5-4-6-8-19/h4-12,14-15H,13H2,1-3H3,(H,24,27)(H,25,26). The van der Waals surface area contributed by atoms with Crippen molar-refractivity contribution in [2.45, 2.75) is 27.2 Å². The zero-order valence-corrected chi connectivity index (χ0v) is 17.1. The van der Waals surface area contributed by atoms with Crippen molar-refractivity contribution in [2.24, 2.45) is 5.92 Å². The molecule has 0 aliphatic rings. The van der Waals surface area contributed by atoms with Crippen LogP contribution in [-0.4, -0.2) is 11.8 Å². The molecule has 1 aromatic heterocycles. The minimum atomic E-state index is -0.216. The van der Waals surface area contributed by atoms with Crippen LogP contribution in [0.15, 0.2) is 60.0 Å². The van der Waals surface area contributed by atoms with Crippen LogP contribution >= 0.6 is 11.3 Å². The molecule has 0 atom stereocenters. The summed E-state index contributed by atoms with van der Waals surface area (Å²) in [5, 5.41) is 8.40. The minimum absolute atomic E-state index is 0.206. The van der Waals surface area contributed by atoms with Gasteiger partial charge in [-0.1, -0.05) is 49.7 Å². The maximum absolute atomic E-state index is 13.0. The monoisotopic (exact) mass is 392 g/mol. The Morgan fingerprint density at radius 2 is 1.61 bits per heavy atom. The van der Waals surface area contributed by atoms with Gasteiger partial charge in [0.05, 0.1) is 5.56 Å². The molecule has 1 heterocycles. The van der Waals surface area contributed by atoms with Crippen molar-refractivity contribution >= 4 is 33.8 Å². The smallest absolute Gasteiger partial charge is 0.258 e. The molecule has 2 N–H and O–H groups in total. The summed E-state index contributed by atoms with van der Waals surface area (Å²) in [7, 11) is 0. The quantitative estimate of drug-likeness (QED) is 0.560. The summed E-state index contributed by atoms with van der Waals surface area (Å²) >= 11 is 1.39. The van der Waals surface area contributed by atoms with Crippen molar-refractivity contribution in [2.75, 3.05) is 10.6 Å². The van der Waals surface area contributed by atoms with Gasteiger partial charge in [-0.2, -0.15) is 0 Å². The first-order valence-electron chi connectivity index (χ1n) is 9.29. The number of hydrogen-bond acceptors (Lipinski definition) is 3. The molecule has 2 aromatic carbocycles. The lowest BCUT2D eigenvalue weighted by Crippen LogP contribution is -2.18. The highest BCUT2D eigenvalue weighted by Crippen LogP contribution is 2.31. The molecular weight excluding hydrogens is 368 g/mol. The highest BCUT2D eigenvalue weighted by molar-refractivity contribution is 7.15. The van der Waals surface area contributed by atoms with Crippen molar-refractivity contribution in [3.05, 3.63) is 82.2 Å². The average molecular weight is 393 g/mol. The Kier molecular flexibility index (Phi) is 6.26. The molecule has 3 rings (SSSR count). The fourth-order valence-electron chi connectivity index (χ4n) is 2.92. The van der Waals surface area contributed by atoms with Crippen molar-refractivity contribution in [1.29, 1.82) is 0 Å². The van der Waals surface area contributed by atoms with Crippen LogP contribution < -0.4 is 10.6 Å². The number of carbonyl (C=O) groups excluding carboxylic acids is 2. The predicted molar refractivity (Wildman–Crippen MR) is 116 cm³/mol. The van der Waals surface area contributed by atoms with Gasteiger partial charge in [-0.25, -0.2) is 0 Å². The first-order chi connectivity index (χ1) is 13.4. The van der Waals surface area contributed by atoms with Gasteiger partial charge in [0, 0.05) is 11.3 Å². The molecule has 3 aromatic rings. The van der Waals surface area contributed by atoms with Gasteiger partial charge in [-0.05, 0) is 54.5 Å². The summed E-state index contributed by atoms with van der Waals surface area (Å²) in [6.45, 7) is 6.20. The van der Waals surface area contributed by atoms with Crippen LogP contribution in [0.5, 0.6) is 0 Å². The van der Waals surface area contributed by atoms with Crippen LogP contribution in [0.1, 0.15) is 45.7 Å². The molecule has 0 aliphatic heterocycles. The Labute approximate surface area is 169 Å². The molecule has 0 saturated carbocycles. The molecule has 0 bridgehead atoms. The number of hydrogen-bond donors (Lipinski definition) is 2. The van der Waals surface area contributed by atoms with E-state index in [0.29, 0.717) is 22.0 Å². The van der Waals surface area contributed by atoms with Crippen LogP contribution in [0, 0.1) is 12.8 Å². The zero-order valence-electron chi connectivity index (χ0n) is 16.3. The normalized spacial score (nSPS) is 10.7. The number of carbonyl (C=O) groups is 2. The van der Waals surface area contributed by atoms with E-state index in [1.165, 1.54) is 11.3 Å². The average Bonchev–Trinajstić information content (AvgIpc) is 3.04. The van der Waals surface area contributed by atoms with Gasteiger partial charge < -0.3 is 10.6 Å². The molecular formula is C23H24N2O2S. The topological polar surface area (TPSA) is 58.2 Å². The maximum atomic E-state index is 13.0. The second-order valence-corrected chi connectivity index (χ2v) is 8.08. The molecule has 2 amide bonds. The van der Waals surface area contributed by atoms with Gasteiger partial charge >= 0.3 is 0 Å². The molecule has 0 unspecified atom stereocenters. The molecule has 0 saturated heterocycles. The van der Waals surface area contributed by atoms with E-state index >= 15 is 0 Å². The first-order valence-corrected chi connectivity index (χ1v) is 10.2. The number of benzene rings is 2. The van der Waals surface area contributed by atoms with Crippen molar-refractivity contribution in [1.82, 2.24) is 0 Å². The number of thiophene rings is 1. The predicted octanol–water partition coefficient (Wildman–Crippen LogP) is 5.76. The fourth-order valence-corrected chi connectivity index (χ4v) is 3.89. The molecule has 28 heavy (non-hydrogen) atoms. The second kappa shape index (κ2) is 8.85. The third-order valence-corrected chi connectivity index (χ3v) is 5.24. The van der Waals surface area contributed by atoms with Gasteiger partial charge in [0.15, 0.2) is 0 Å². The Hall–Kier alpha value is -2.92. The van der Waals surface area contributed by atoms with E-state index in [0.717, 1.165) is 23.2 Å². The van der Waals surface area contributed by atoms with E-state index in [4.69, 9.17) is 0 Å². The lowest BCUT2D eigenvalue weighted by atomic mass is 10.0. The molecule has 144 valence electrons. The Morgan fingerprint density at radius 3 is 2.25 bits per heavy atom. The number of nitrogens with one attached hydrogen (secondary N) is 2. The molecule has 4 nitrogen and oxygen atoms in total. The van der Waals surface area contributed by atoms with Crippen LogP contribution in [0.2, 0.25) is 0 Å². The van der Waals surface area contributed by atoms with Crippen molar-refractivity contribution in [3.63, 3.8) is 0 Å². The molecule has 0 fully saturated rings. The number of anilines is 2. The van der Waals surface area contributed by atoms with E-state index in [2.05, 4.69) is 24.5 Å². The molecule has 5 heteroatoms. The van der Waals surface area contributed by atoms with Crippen LogP contribution in [0.25, 0.3) is 0 Å². The lowest BCUT2D eigenvalue weighted by molar-refractivity contribution is 0.102. The van der Waals surface area contributed by atoms with E-state index in [9.17, 15) is 9.59 Å². The van der Waals surface area contributed by atoms with Crippen molar-refractivity contribution < 1.29 is 9.59 Å². The second-order valence-electron chi connectivity index (χ2n) is 7.20. The third kappa shape index (κ3) is 4.87. The largest absolute Gasteiger partial charge is 0.322 e. The number of para-hydroxylation sites is 1. The van der Waals surface area contributed by atoms with Gasteiger partial charge in [0.2, 0.25) is 0 Å². The van der Waals surface area contributed by atoms with E-state index in [1.807, 2.05) is 54.8 Å². The summed E-state index contributed by atoms with van der Waals surface area (Å²) < 4.78 is 0. The Bertz CT molecular complexity index is 960. The van der Waals surface area contributed by atoms with Gasteiger partial charge in [0.1, 0.15) is 5.00 Å². The fraction of sp³-hybridized carbons (Fsp3) is 0.217. The summed E-state index contributed by atoms with van der Waals surface area (Å²) in [4.78, 5) is 25.7. The van der Waals surface area contributed by atoms with Gasteiger partial charge in [-0.3, -0.25) is 9.59 Å². The summed E-state index contributed by atoms with van der Waals surface area (Å²) in [6.07, 6.45) is 0.772. The number of aryl methyl sites for hydroxylation is 1. The molecule has 0 spiro atoms. The Morgan fingerprint density at radius 1 is 0.929 bits per heavy atom. The highest BCUT2D eigenvalue weighted by atomic mass is 32.1. The highest BCUT2D eigenvalue weighted by Gasteiger charge is 2.21. The first kappa shape index (κ1) is 19.8. The van der Waals surface area contributed by atoms with Crippen LogP contribution in [0.4, 0.5) is 10.7 Å². The minimum Gasteiger partial charge on any atom is -0.322 e. The summed E-state index contributed by atoms with van der Waals surface area (Å²) in [5.41, 5.74) is 3.88. The lowest BCUT2D eigenvalue weighted by Gasteiger charge is -2.11. The molecule has 0 radical (unpaired) electrons. The third-order valence-electron chi connectivity index (χ3n) is 4.29. The summed E-state index contributed by atoms with van der Waals surface area (Å²) in [5.74, 6) is -0.0208. The Balaban J connectivity index is 1.88. The zero-order chi connectivity index (χ0) is 20.1.